The lowest BCUT2D eigenvalue weighted by Gasteiger charge is -2.02. The van der Waals surface area contributed by atoms with Gasteiger partial charge in [0, 0.05) is 13.2 Å². The molecule has 17 heavy (non-hydrogen) atoms. The summed E-state index contributed by atoms with van der Waals surface area (Å²) in [6.07, 6.45) is 2.41. The topological polar surface area (TPSA) is 75.1 Å². The van der Waals surface area contributed by atoms with E-state index in [9.17, 15) is 4.79 Å². The Balaban J connectivity index is 0. The van der Waals surface area contributed by atoms with E-state index in [1.165, 1.54) is 6.42 Å². The quantitative estimate of drug-likeness (QED) is 0.799. The molecule has 2 N–H and O–H groups in total. The summed E-state index contributed by atoms with van der Waals surface area (Å²) in [7, 11) is 1.56. The minimum atomic E-state index is -1.09. The molecule has 0 saturated carbocycles. The third-order valence-corrected chi connectivity index (χ3v) is 1.41. The zero-order chi connectivity index (χ0) is 13.8. The van der Waals surface area contributed by atoms with E-state index >= 15 is 0 Å². The lowest BCUT2D eigenvalue weighted by Crippen LogP contribution is -2.05. The summed E-state index contributed by atoms with van der Waals surface area (Å²) >= 11 is 5.45. The molecule has 1 rings (SSSR count). The summed E-state index contributed by atoms with van der Waals surface area (Å²) < 4.78 is 0. The van der Waals surface area contributed by atoms with Crippen molar-refractivity contribution in [1.82, 2.24) is 9.97 Å². The Morgan fingerprint density at radius 1 is 1.47 bits per heavy atom. The largest absolute Gasteiger partial charge is 0.477 e. The van der Waals surface area contributed by atoms with E-state index in [0.29, 0.717) is 0 Å². The number of aromatic nitrogens is 2. The van der Waals surface area contributed by atoms with Gasteiger partial charge in [0.15, 0.2) is 0 Å². The van der Waals surface area contributed by atoms with Crippen LogP contribution >= 0.6 is 11.6 Å². The molecule has 0 bridgehead atoms. The highest BCUT2D eigenvalue weighted by Crippen LogP contribution is 2.12. The molecule has 0 aliphatic carbocycles. The SMILES string of the molecule is CC.CCC.CNc1nc(Cl)ncc1C(=O)O. The summed E-state index contributed by atoms with van der Waals surface area (Å²) in [4.78, 5) is 17.7. The smallest absolute Gasteiger partial charge is 0.341 e. The first kappa shape index (κ1) is 18.0. The molecule has 0 aliphatic rings. The number of hydrogen-bond donors (Lipinski definition) is 2. The van der Waals surface area contributed by atoms with Gasteiger partial charge in [-0.1, -0.05) is 34.1 Å². The van der Waals surface area contributed by atoms with Crippen LogP contribution < -0.4 is 5.32 Å². The molecular formula is C11H20ClN3O2. The molecule has 1 aromatic rings. The number of aromatic carboxylic acids is 1. The van der Waals surface area contributed by atoms with Crippen molar-refractivity contribution in [1.29, 1.82) is 0 Å². The van der Waals surface area contributed by atoms with E-state index in [1.54, 1.807) is 7.05 Å². The zero-order valence-electron chi connectivity index (χ0n) is 10.9. The van der Waals surface area contributed by atoms with Gasteiger partial charge >= 0.3 is 5.97 Å². The van der Waals surface area contributed by atoms with Crippen molar-refractivity contribution < 1.29 is 9.90 Å². The van der Waals surface area contributed by atoms with Crippen molar-refractivity contribution in [3.8, 4) is 0 Å². The van der Waals surface area contributed by atoms with Crippen molar-refractivity contribution in [2.24, 2.45) is 0 Å². The van der Waals surface area contributed by atoms with E-state index in [0.717, 1.165) is 6.20 Å². The Bertz CT molecular complexity index is 332. The molecule has 6 heteroatoms. The highest BCUT2D eigenvalue weighted by atomic mass is 35.5. The second-order valence-electron chi connectivity index (χ2n) is 2.66. The lowest BCUT2D eigenvalue weighted by atomic mass is 10.3. The third-order valence-electron chi connectivity index (χ3n) is 1.23. The van der Waals surface area contributed by atoms with Crippen molar-refractivity contribution in [3.05, 3.63) is 17.0 Å². The summed E-state index contributed by atoms with van der Waals surface area (Å²) in [5.74, 6) is -0.876. The van der Waals surface area contributed by atoms with Crippen LogP contribution in [0.1, 0.15) is 44.5 Å². The van der Waals surface area contributed by atoms with Gasteiger partial charge in [-0.05, 0) is 11.6 Å². The molecular weight excluding hydrogens is 242 g/mol. The predicted molar refractivity (Wildman–Crippen MR) is 70.9 cm³/mol. The molecule has 0 atom stereocenters. The maximum Gasteiger partial charge on any atom is 0.341 e. The summed E-state index contributed by atoms with van der Waals surface area (Å²) in [6, 6.07) is 0. The number of halogens is 1. The number of nitrogens with zero attached hydrogens (tertiary/aromatic N) is 2. The second-order valence-corrected chi connectivity index (χ2v) is 3.00. The van der Waals surface area contributed by atoms with Crippen LogP contribution in [0, 0.1) is 0 Å². The van der Waals surface area contributed by atoms with E-state index in [2.05, 4.69) is 29.1 Å². The van der Waals surface area contributed by atoms with Gasteiger partial charge in [0.25, 0.3) is 0 Å². The number of rotatable bonds is 2. The van der Waals surface area contributed by atoms with Gasteiger partial charge in [0.1, 0.15) is 11.4 Å². The molecule has 0 aromatic carbocycles. The summed E-state index contributed by atoms with van der Waals surface area (Å²) in [5, 5.41) is 11.2. The van der Waals surface area contributed by atoms with Crippen LogP contribution in [0.15, 0.2) is 6.20 Å². The van der Waals surface area contributed by atoms with Crippen LogP contribution in [0.25, 0.3) is 0 Å². The zero-order valence-corrected chi connectivity index (χ0v) is 11.7. The normalized spacial score (nSPS) is 8.12. The van der Waals surface area contributed by atoms with Crippen LogP contribution in [-0.2, 0) is 0 Å². The number of carboxylic acids is 1. The fourth-order valence-corrected chi connectivity index (χ4v) is 0.841. The van der Waals surface area contributed by atoms with Gasteiger partial charge in [-0.2, -0.15) is 4.98 Å². The summed E-state index contributed by atoms with van der Waals surface area (Å²) in [5.41, 5.74) is 0.00176. The van der Waals surface area contributed by atoms with Gasteiger partial charge in [-0.25, -0.2) is 9.78 Å². The average Bonchev–Trinajstić information content (AvgIpc) is 2.32. The Kier molecular flexibility index (Phi) is 11.8. The average molecular weight is 262 g/mol. The van der Waals surface area contributed by atoms with E-state index in [1.807, 2.05) is 13.8 Å². The molecule has 0 saturated heterocycles. The van der Waals surface area contributed by atoms with Crippen molar-refractivity contribution in [2.75, 3.05) is 12.4 Å². The maximum atomic E-state index is 10.5. The Morgan fingerprint density at radius 3 is 2.29 bits per heavy atom. The van der Waals surface area contributed by atoms with Crippen molar-refractivity contribution in [3.63, 3.8) is 0 Å². The van der Waals surface area contributed by atoms with Crippen LogP contribution in [0.5, 0.6) is 0 Å². The highest BCUT2D eigenvalue weighted by molar-refractivity contribution is 6.28. The van der Waals surface area contributed by atoms with Crippen LogP contribution in [-0.4, -0.2) is 28.1 Å². The molecule has 1 heterocycles. The van der Waals surface area contributed by atoms with Gasteiger partial charge in [0.2, 0.25) is 5.28 Å². The monoisotopic (exact) mass is 261 g/mol. The van der Waals surface area contributed by atoms with E-state index < -0.39 is 5.97 Å². The number of anilines is 1. The molecule has 1 aromatic heterocycles. The van der Waals surface area contributed by atoms with Crippen LogP contribution in [0.3, 0.4) is 0 Å². The standard InChI is InChI=1S/C6H6ClN3O2.C3H8.C2H6/c1-8-4-3(5(11)12)2-9-6(7)10-4;1-3-2;1-2/h2H,1H3,(H,11,12)(H,8,9,10);3H2,1-2H3;1-2H3. The van der Waals surface area contributed by atoms with Crippen LogP contribution in [0.2, 0.25) is 5.28 Å². The Labute approximate surface area is 107 Å². The predicted octanol–water partition coefficient (Wildman–Crippen LogP) is 3.31. The van der Waals surface area contributed by atoms with Crippen LogP contribution in [0.4, 0.5) is 5.82 Å². The molecule has 98 valence electrons. The van der Waals surface area contributed by atoms with Gasteiger partial charge in [-0.15, -0.1) is 0 Å². The first-order chi connectivity index (χ1) is 8.06. The molecule has 0 amide bonds. The fourth-order valence-electron chi connectivity index (χ4n) is 0.707. The minimum Gasteiger partial charge on any atom is -0.477 e. The third kappa shape index (κ3) is 7.52. The molecule has 0 aliphatic heterocycles. The van der Waals surface area contributed by atoms with Gasteiger partial charge in [0.05, 0.1) is 0 Å². The maximum absolute atomic E-state index is 10.5. The van der Waals surface area contributed by atoms with Crippen molar-refractivity contribution >= 4 is 23.4 Å². The summed E-state index contributed by atoms with van der Waals surface area (Å²) in [6.45, 7) is 8.25. The number of hydrogen-bond acceptors (Lipinski definition) is 4. The van der Waals surface area contributed by atoms with Crippen molar-refractivity contribution in [2.45, 2.75) is 34.1 Å². The molecule has 0 radical (unpaired) electrons. The first-order valence-corrected chi connectivity index (χ1v) is 5.88. The molecule has 5 nitrogen and oxygen atoms in total. The first-order valence-electron chi connectivity index (χ1n) is 5.50. The molecule has 0 spiro atoms. The number of carbonyl (C=O) groups is 1. The van der Waals surface area contributed by atoms with Gasteiger partial charge in [-0.3, -0.25) is 0 Å². The van der Waals surface area contributed by atoms with E-state index in [4.69, 9.17) is 16.7 Å². The number of nitrogens with one attached hydrogen (secondary N) is 1. The Morgan fingerprint density at radius 2 is 1.94 bits per heavy atom. The highest BCUT2D eigenvalue weighted by Gasteiger charge is 2.10. The van der Waals surface area contributed by atoms with E-state index in [-0.39, 0.29) is 16.7 Å². The molecule has 0 unspecified atom stereocenters. The minimum absolute atomic E-state index is 0.00176. The molecule has 0 fully saturated rings. The lowest BCUT2D eigenvalue weighted by molar-refractivity contribution is 0.0697. The van der Waals surface area contributed by atoms with Gasteiger partial charge < -0.3 is 10.4 Å². The fraction of sp³-hybridized carbons (Fsp3) is 0.545. The number of carboxylic acid groups (broad SMARTS) is 1. The second kappa shape index (κ2) is 11.1. The Hall–Kier alpha value is -1.36.